The summed E-state index contributed by atoms with van der Waals surface area (Å²) < 4.78 is 26.2. The van der Waals surface area contributed by atoms with Crippen LogP contribution < -0.4 is 5.32 Å². The molecule has 0 radical (unpaired) electrons. The van der Waals surface area contributed by atoms with Crippen molar-refractivity contribution in [2.24, 2.45) is 0 Å². The molecule has 0 fully saturated rings. The highest BCUT2D eigenvalue weighted by atomic mass is 19.1. The van der Waals surface area contributed by atoms with E-state index in [9.17, 15) is 13.6 Å². The van der Waals surface area contributed by atoms with Crippen molar-refractivity contribution in [2.75, 3.05) is 5.32 Å². The van der Waals surface area contributed by atoms with Gasteiger partial charge in [0.05, 0.1) is 5.56 Å². The van der Waals surface area contributed by atoms with E-state index in [2.05, 4.69) is 5.32 Å². The highest BCUT2D eigenvalue weighted by Crippen LogP contribution is 2.13. The molecule has 0 aliphatic carbocycles. The average Bonchev–Trinajstić information content (AvgIpc) is 2.33. The lowest BCUT2D eigenvalue weighted by Crippen LogP contribution is -2.13. The van der Waals surface area contributed by atoms with Crippen molar-refractivity contribution in [1.29, 1.82) is 0 Å². The molecule has 1 amide bonds. The van der Waals surface area contributed by atoms with Gasteiger partial charge in [0.15, 0.2) is 0 Å². The zero-order valence-electron chi connectivity index (χ0n) is 8.78. The fraction of sp³-hybridized carbons (Fsp3) is 0. The maximum Gasteiger partial charge on any atom is 0.258 e. The molecule has 0 aliphatic heterocycles. The summed E-state index contributed by atoms with van der Waals surface area (Å²) in [6.07, 6.45) is 0. The van der Waals surface area contributed by atoms with Crippen LogP contribution in [0.1, 0.15) is 10.4 Å². The van der Waals surface area contributed by atoms with Gasteiger partial charge in [-0.2, -0.15) is 0 Å². The molecule has 0 saturated carbocycles. The number of nitrogens with one attached hydrogen (secondary N) is 1. The van der Waals surface area contributed by atoms with Crippen molar-refractivity contribution in [3.8, 4) is 0 Å². The summed E-state index contributed by atoms with van der Waals surface area (Å²) in [7, 11) is 0. The minimum absolute atomic E-state index is 0.311. The molecule has 17 heavy (non-hydrogen) atoms. The second-order valence-corrected chi connectivity index (χ2v) is 3.44. The van der Waals surface area contributed by atoms with Gasteiger partial charge in [0.1, 0.15) is 11.6 Å². The van der Waals surface area contributed by atoms with Crippen LogP contribution in [0, 0.1) is 11.6 Å². The summed E-state index contributed by atoms with van der Waals surface area (Å²) in [5, 5.41) is 2.48. The maximum atomic E-state index is 13.3. The van der Waals surface area contributed by atoms with Crippen molar-refractivity contribution in [1.82, 2.24) is 0 Å². The zero-order chi connectivity index (χ0) is 12.3. The summed E-state index contributed by atoms with van der Waals surface area (Å²) in [4.78, 5) is 11.7. The number of anilines is 1. The molecule has 0 aromatic heterocycles. The van der Waals surface area contributed by atoms with Crippen LogP contribution in [0.2, 0.25) is 0 Å². The second-order valence-electron chi connectivity index (χ2n) is 3.44. The number of rotatable bonds is 2. The van der Waals surface area contributed by atoms with Gasteiger partial charge in [-0.15, -0.1) is 0 Å². The largest absolute Gasteiger partial charge is 0.322 e. The van der Waals surface area contributed by atoms with Crippen LogP contribution in [0.3, 0.4) is 0 Å². The van der Waals surface area contributed by atoms with E-state index in [-0.39, 0.29) is 5.56 Å². The topological polar surface area (TPSA) is 29.1 Å². The number of para-hydroxylation sites is 1. The van der Waals surface area contributed by atoms with Gasteiger partial charge in [0.25, 0.3) is 5.91 Å². The number of amides is 1. The molecule has 0 bridgehead atoms. The third-order valence-corrected chi connectivity index (χ3v) is 2.20. The number of benzene rings is 2. The predicted molar refractivity (Wildman–Crippen MR) is 60.8 cm³/mol. The van der Waals surface area contributed by atoms with Crippen LogP contribution in [-0.4, -0.2) is 5.91 Å². The highest BCUT2D eigenvalue weighted by Gasteiger charge is 2.12. The predicted octanol–water partition coefficient (Wildman–Crippen LogP) is 3.22. The Hall–Kier alpha value is -2.23. The van der Waals surface area contributed by atoms with Crippen molar-refractivity contribution >= 4 is 11.6 Å². The first-order chi connectivity index (χ1) is 8.16. The zero-order valence-corrected chi connectivity index (χ0v) is 8.78. The molecular weight excluding hydrogens is 224 g/mol. The molecule has 0 unspecified atom stereocenters. The van der Waals surface area contributed by atoms with Crippen LogP contribution in [0.5, 0.6) is 0 Å². The summed E-state index contributed by atoms with van der Waals surface area (Å²) in [6, 6.07) is 11.3. The molecular formula is C13H9F2NO. The fourth-order valence-corrected chi connectivity index (χ4v) is 1.39. The van der Waals surface area contributed by atoms with Gasteiger partial charge in [-0.1, -0.05) is 18.2 Å². The van der Waals surface area contributed by atoms with E-state index in [0.29, 0.717) is 5.69 Å². The number of hydrogen-bond acceptors (Lipinski definition) is 1. The first-order valence-corrected chi connectivity index (χ1v) is 4.98. The van der Waals surface area contributed by atoms with Crippen molar-refractivity contribution in [2.45, 2.75) is 0 Å². The molecule has 2 nitrogen and oxygen atoms in total. The van der Waals surface area contributed by atoms with E-state index in [1.165, 1.54) is 0 Å². The number of hydrogen-bond donors (Lipinski definition) is 1. The van der Waals surface area contributed by atoms with Gasteiger partial charge in [0.2, 0.25) is 0 Å². The molecule has 0 aliphatic rings. The average molecular weight is 233 g/mol. The lowest BCUT2D eigenvalue weighted by Gasteiger charge is -2.05. The monoisotopic (exact) mass is 233 g/mol. The molecule has 4 heteroatoms. The van der Waals surface area contributed by atoms with Gasteiger partial charge < -0.3 is 5.32 Å². The van der Waals surface area contributed by atoms with Crippen molar-refractivity contribution in [3.63, 3.8) is 0 Å². The van der Waals surface area contributed by atoms with E-state index in [0.717, 1.165) is 18.2 Å². The molecule has 86 valence electrons. The molecule has 0 atom stereocenters. The summed E-state index contributed by atoms with van der Waals surface area (Å²) >= 11 is 0. The van der Waals surface area contributed by atoms with Gasteiger partial charge in [-0.25, -0.2) is 8.78 Å². The van der Waals surface area contributed by atoms with Crippen molar-refractivity contribution < 1.29 is 13.6 Å². The molecule has 1 N–H and O–H groups in total. The van der Waals surface area contributed by atoms with E-state index < -0.39 is 17.5 Å². The highest BCUT2D eigenvalue weighted by molar-refractivity contribution is 6.04. The van der Waals surface area contributed by atoms with Crippen molar-refractivity contribution in [3.05, 3.63) is 65.7 Å². The smallest absolute Gasteiger partial charge is 0.258 e. The Bertz CT molecular complexity index is 540. The molecule has 0 saturated heterocycles. The summed E-state index contributed by atoms with van der Waals surface area (Å²) in [5.74, 6) is -2.07. The minimum Gasteiger partial charge on any atom is -0.322 e. The Morgan fingerprint density at radius 1 is 1.00 bits per heavy atom. The SMILES string of the molecule is O=C(Nc1ccccc1)c1cc(F)ccc1F. The number of carbonyl (C=O) groups excluding carboxylic acids is 1. The maximum absolute atomic E-state index is 13.3. The summed E-state index contributed by atoms with van der Waals surface area (Å²) in [5.41, 5.74) is 0.218. The molecule has 2 aromatic carbocycles. The fourth-order valence-electron chi connectivity index (χ4n) is 1.39. The molecule has 2 rings (SSSR count). The van der Waals surface area contributed by atoms with E-state index in [1.54, 1.807) is 30.3 Å². The number of carbonyl (C=O) groups is 1. The third-order valence-electron chi connectivity index (χ3n) is 2.20. The van der Waals surface area contributed by atoms with Crippen LogP contribution >= 0.6 is 0 Å². The van der Waals surface area contributed by atoms with Crippen LogP contribution in [0.4, 0.5) is 14.5 Å². The van der Waals surface area contributed by atoms with E-state index >= 15 is 0 Å². The second kappa shape index (κ2) is 4.74. The Balaban J connectivity index is 2.23. The van der Waals surface area contributed by atoms with E-state index in [1.807, 2.05) is 0 Å². The Labute approximate surface area is 96.9 Å². The summed E-state index contributed by atoms with van der Waals surface area (Å²) in [6.45, 7) is 0. The molecule has 0 spiro atoms. The first kappa shape index (κ1) is 11.3. The van der Waals surface area contributed by atoms with Crippen LogP contribution in [0.15, 0.2) is 48.5 Å². The molecule has 0 heterocycles. The third kappa shape index (κ3) is 2.66. The first-order valence-electron chi connectivity index (χ1n) is 4.98. The lowest BCUT2D eigenvalue weighted by atomic mass is 10.2. The standard InChI is InChI=1S/C13H9F2NO/c14-9-6-7-12(15)11(8-9)13(17)16-10-4-2-1-3-5-10/h1-8H,(H,16,17). The Kier molecular flexibility index (Phi) is 3.14. The normalized spacial score (nSPS) is 10.0. The molecule has 2 aromatic rings. The van der Waals surface area contributed by atoms with E-state index in [4.69, 9.17) is 0 Å². The van der Waals surface area contributed by atoms with Gasteiger partial charge in [0, 0.05) is 5.69 Å². The number of halogens is 2. The Morgan fingerprint density at radius 3 is 2.41 bits per heavy atom. The van der Waals surface area contributed by atoms with Gasteiger partial charge in [-0.3, -0.25) is 4.79 Å². The Morgan fingerprint density at radius 2 is 1.71 bits per heavy atom. The van der Waals surface area contributed by atoms with Crippen LogP contribution in [0.25, 0.3) is 0 Å². The van der Waals surface area contributed by atoms with Gasteiger partial charge >= 0.3 is 0 Å². The van der Waals surface area contributed by atoms with Crippen LogP contribution in [-0.2, 0) is 0 Å². The van der Waals surface area contributed by atoms with Gasteiger partial charge in [-0.05, 0) is 30.3 Å². The minimum atomic E-state index is -0.750. The quantitative estimate of drug-likeness (QED) is 0.847. The lowest BCUT2D eigenvalue weighted by molar-refractivity contribution is 0.102.